The number of fused-ring (bicyclic) bond motifs is 1. The van der Waals surface area contributed by atoms with E-state index in [1.54, 1.807) is 0 Å². The SMILES string of the molecule is N[13C@@H](Cc1c[nH]c2ccccc12)C(=O)O. The molecule has 1 atom stereocenters. The molecule has 1 aromatic carbocycles. The molecule has 4 N–H and O–H groups in total. The highest BCUT2D eigenvalue weighted by Crippen LogP contribution is 2.18. The first kappa shape index (κ1) is 9.73. The minimum Gasteiger partial charge on any atom is -0.480 e. The highest BCUT2D eigenvalue weighted by atomic mass is 16.4. The van der Waals surface area contributed by atoms with E-state index in [1.165, 1.54) is 0 Å². The Morgan fingerprint density at radius 1 is 1.47 bits per heavy atom. The zero-order valence-electron chi connectivity index (χ0n) is 8.10. The zero-order chi connectivity index (χ0) is 10.8. The van der Waals surface area contributed by atoms with Crippen molar-refractivity contribution in [3.05, 3.63) is 36.0 Å². The lowest BCUT2D eigenvalue weighted by molar-refractivity contribution is -0.138. The van der Waals surface area contributed by atoms with Crippen molar-refractivity contribution < 1.29 is 9.90 Å². The lowest BCUT2D eigenvalue weighted by Gasteiger charge is -2.04. The average molecular weight is 205 g/mol. The molecule has 0 aliphatic heterocycles. The van der Waals surface area contributed by atoms with Gasteiger partial charge in [0.25, 0.3) is 0 Å². The molecule has 1 aromatic heterocycles. The van der Waals surface area contributed by atoms with E-state index in [1.807, 2.05) is 30.5 Å². The van der Waals surface area contributed by atoms with Gasteiger partial charge in [-0.05, 0) is 11.6 Å². The summed E-state index contributed by atoms with van der Waals surface area (Å²) >= 11 is 0. The Morgan fingerprint density at radius 3 is 2.93 bits per heavy atom. The molecule has 4 heteroatoms. The molecule has 1 heterocycles. The third-order valence-corrected chi connectivity index (χ3v) is 2.43. The van der Waals surface area contributed by atoms with Crippen molar-refractivity contribution in [3.63, 3.8) is 0 Å². The van der Waals surface area contributed by atoms with Gasteiger partial charge >= 0.3 is 5.97 Å². The number of H-pyrrole nitrogens is 1. The third-order valence-electron chi connectivity index (χ3n) is 2.43. The Bertz CT molecular complexity index is 490. The molecule has 0 bridgehead atoms. The van der Waals surface area contributed by atoms with Crippen LogP contribution in [0, 0.1) is 0 Å². The number of carbonyl (C=O) groups is 1. The molecule has 0 fully saturated rings. The molecule has 0 amide bonds. The average Bonchev–Trinajstić information content (AvgIpc) is 2.62. The summed E-state index contributed by atoms with van der Waals surface area (Å²) < 4.78 is 0. The molecule has 15 heavy (non-hydrogen) atoms. The normalized spacial score (nSPS) is 12.9. The van der Waals surface area contributed by atoms with Crippen molar-refractivity contribution in [2.24, 2.45) is 5.73 Å². The predicted molar refractivity (Wildman–Crippen MR) is 57.6 cm³/mol. The molecular formula is C11H12N2O2. The van der Waals surface area contributed by atoms with Gasteiger partial charge in [-0.1, -0.05) is 18.2 Å². The Kier molecular flexibility index (Phi) is 2.43. The molecule has 2 rings (SSSR count). The fourth-order valence-electron chi connectivity index (χ4n) is 1.62. The largest absolute Gasteiger partial charge is 0.480 e. The number of hydrogen-bond acceptors (Lipinski definition) is 2. The summed E-state index contributed by atoms with van der Waals surface area (Å²) in [6.45, 7) is 0. The van der Waals surface area contributed by atoms with Gasteiger partial charge in [0, 0.05) is 23.5 Å². The van der Waals surface area contributed by atoms with Crippen molar-refractivity contribution >= 4 is 16.9 Å². The fraction of sp³-hybridized carbons (Fsp3) is 0.182. The van der Waals surface area contributed by atoms with Crippen LogP contribution in [0.4, 0.5) is 0 Å². The highest BCUT2D eigenvalue weighted by molar-refractivity contribution is 5.84. The second kappa shape index (κ2) is 3.74. The molecule has 0 aliphatic rings. The van der Waals surface area contributed by atoms with E-state index in [-0.39, 0.29) is 0 Å². The van der Waals surface area contributed by atoms with Gasteiger partial charge in [-0.3, -0.25) is 4.79 Å². The first-order valence-corrected chi connectivity index (χ1v) is 4.72. The Labute approximate surface area is 86.7 Å². The van der Waals surface area contributed by atoms with Gasteiger partial charge in [-0.2, -0.15) is 0 Å². The number of hydrogen-bond donors (Lipinski definition) is 3. The van der Waals surface area contributed by atoms with Crippen LogP contribution in [0.15, 0.2) is 30.5 Å². The fourth-order valence-corrected chi connectivity index (χ4v) is 1.62. The molecule has 0 saturated carbocycles. The number of aliphatic carboxylic acids is 1. The third kappa shape index (κ3) is 1.85. The second-order valence-electron chi connectivity index (χ2n) is 3.51. The number of para-hydroxylation sites is 1. The van der Waals surface area contributed by atoms with Crippen LogP contribution in [0.5, 0.6) is 0 Å². The van der Waals surface area contributed by atoms with E-state index in [2.05, 4.69) is 4.98 Å². The van der Waals surface area contributed by atoms with Crippen LogP contribution >= 0.6 is 0 Å². The van der Waals surface area contributed by atoms with Gasteiger partial charge in [0.15, 0.2) is 0 Å². The van der Waals surface area contributed by atoms with Crippen molar-refractivity contribution in [2.75, 3.05) is 0 Å². The van der Waals surface area contributed by atoms with E-state index in [9.17, 15) is 4.79 Å². The van der Waals surface area contributed by atoms with Crippen LogP contribution in [0.3, 0.4) is 0 Å². The molecule has 0 unspecified atom stereocenters. The number of benzene rings is 1. The topological polar surface area (TPSA) is 79.1 Å². The van der Waals surface area contributed by atoms with Crippen molar-refractivity contribution in [2.45, 2.75) is 12.5 Å². The van der Waals surface area contributed by atoms with Crippen molar-refractivity contribution in [3.8, 4) is 0 Å². The smallest absolute Gasteiger partial charge is 0.320 e. The number of nitrogens with two attached hydrogens (primary N) is 1. The standard InChI is InChI=1S/C11H12N2O2/c12-9(11(14)15)5-7-6-13-10-4-2-1-3-8(7)10/h1-4,6,9,13H,5,12H2,(H,14,15)/t9-/m0/s1/i9+1. The minimum absolute atomic E-state index is 0.347. The number of aromatic nitrogens is 1. The molecule has 2 aromatic rings. The van der Waals surface area contributed by atoms with E-state index < -0.39 is 12.0 Å². The van der Waals surface area contributed by atoms with E-state index in [4.69, 9.17) is 10.8 Å². The first-order valence-electron chi connectivity index (χ1n) is 4.72. The van der Waals surface area contributed by atoms with Crippen LogP contribution in [-0.2, 0) is 11.2 Å². The summed E-state index contributed by atoms with van der Waals surface area (Å²) in [6, 6.07) is 6.91. The van der Waals surface area contributed by atoms with Crippen LogP contribution in [0.2, 0.25) is 0 Å². The van der Waals surface area contributed by atoms with Crippen molar-refractivity contribution in [1.29, 1.82) is 0 Å². The first-order chi connectivity index (χ1) is 7.18. The minimum atomic E-state index is -0.972. The molecule has 0 spiro atoms. The van der Waals surface area contributed by atoms with E-state index in [0.717, 1.165) is 16.5 Å². The van der Waals surface area contributed by atoms with Gasteiger partial charge in [0.1, 0.15) is 6.04 Å². The maximum atomic E-state index is 10.6. The molecule has 0 aliphatic carbocycles. The number of carboxylic acid groups (broad SMARTS) is 1. The highest BCUT2D eigenvalue weighted by Gasteiger charge is 2.14. The molecule has 78 valence electrons. The van der Waals surface area contributed by atoms with Gasteiger partial charge < -0.3 is 15.8 Å². The van der Waals surface area contributed by atoms with Crippen LogP contribution < -0.4 is 5.73 Å². The van der Waals surface area contributed by atoms with Crippen LogP contribution in [0.25, 0.3) is 10.9 Å². The van der Waals surface area contributed by atoms with Gasteiger partial charge in [0.05, 0.1) is 0 Å². The summed E-state index contributed by atoms with van der Waals surface area (Å²) in [7, 11) is 0. The summed E-state index contributed by atoms with van der Waals surface area (Å²) in [5.74, 6) is -0.972. The summed E-state index contributed by atoms with van der Waals surface area (Å²) in [5.41, 5.74) is 7.43. The Morgan fingerprint density at radius 2 is 2.20 bits per heavy atom. The molecular weight excluding hydrogens is 193 g/mol. The van der Waals surface area contributed by atoms with Gasteiger partial charge in [-0.15, -0.1) is 0 Å². The van der Waals surface area contributed by atoms with Crippen molar-refractivity contribution in [1.82, 2.24) is 4.98 Å². The maximum Gasteiger partial charge on any atom is 0.320 e. The molecule has 0 radical (unpaired) electrons. The van der Waals surface area contributed by atoms with E-state index in [0.29, 0.717) is 6.42 Å². The molecule has 0 saturated heterocycles. The zero-order valence-corrected chi connectivity index (χ0v) is 8.10. The summed E-state index contributed by atoms with van der Waals surface area (Å²) in [4.78, 5) is 13.7. The predicted octanol–water partition coefficient (Wildman–Crippen LogP) is 1.12. The Balaban J connectivity index is 2.32. The molecule has 4 nitrogen and oxygen atoms in total. The number of rotatable bonds is 3. The number of carboxylic acids is 1. The summed E-state index contributed by atoms with van der Waals surface area (Å²) in [6.07, 6.45) is 2.16. The van der Waals surface area contributed by atoms with Gasteiger partial charge in [0.2, 0.25) is 0 Å². The van der Waals surface area contributed by atoms with Crippen LogP contribution in [0.1, 0.15) is 5.56 Å². The number of nitrogens with one attached hydrogen (secondary N) is 1. The van der Waals surface area contributed by atoms with E-state index >= 15 is 0 Å². The lowest BCUT2D eigenvalue weighted by Crippen LogP contribution is -2.32. The lowest BCUT2D eigenvalue weighted by atomic mass is 10.1. The van der Waals surface area contributed by atoms with Gasteiger partial charge in [-0.25, -0.2) is 0 Å². The second-order valence-corrected chi connectivity index (χ2v) is 3.51. The quantitative estimate of drug-likeness (QED) is 0.657. The maximum absolute atomic E-state index is 10.6. The summed E-state index contributed by atoms with van der Waals surface area (Å²) in [5, 5.41) is 9.75. The Hall–Kier alpha value is -1.81. The monoisotopic (exact) mass is 205 g/mol. The van der Waals surface area contributed by atoms with Crippen LogP contribution in [-0.4, -0.2) is 22.1 Å². The number of aromatic amines is 1.